The molecule has 0 aromatic carbocycles. The van der Waals surface area contributed by atoms with E-state index in [1.807, 2.05) is 6.92 Å². The lowest BCUT2D eigenvalue weighted by molar-refractivity contribution is 0.0599. The van der Waals surface area contributed by atoms with Crippen LogP contribution in [0.3, 0.4) is 0 Å². The number of hydrogen-bond acceptors (Lipinski definition) is 5. The summed E-state index contributed by atoms with van der Waals surface area (Å²) in [5.74, 6) is -0.540. The van der Waals surface area contributed by atoms with Crippen molar-refractivity contribution in [2.24, 2.45) is 0 Å². The van der Waals surface area contributed by atoms with Crippen LogP contribution in [0.1, 0.15) is 51.9 Å². The monoisotopic (exact) mass is 364 g/mol. The molecule has 2 N–H and O–H groups in total. The Balaban J connectivity index is 1.91. The topological polar surface area (TPSA) is 77.7 Å². The Morgan fingerprint density at radius 2 is 1.92 bits per heavy atom. The smallest absolute Gasteiger partial charge is 0.339 e. The molecule has 1 amide bonds. The number of nitrogens with one attached hydrogen (secondary N) is 2. The highest BCUT2D eigenvalue weighted by atomic mass is 16.5. The van der Waals surface area contributed by atoms with Gasteiger partial charge in [-0.25, -0.2) is 4.79 Å². The first-order valence-electron chi connectivity index (χ1n) is 9.46. The SMILES string of the molecule is CCCc1c(C(=O)NCCCN2CCN(C)CC2)[nH]c(C)c1C(=O)OC. The third-order valence-corrected chi connectivity index (χ3v) is 4.94. The van der Waals surface area contributed by atoms with Crippen molar-refractivity contribution in [1.29, 1.82) is 0 Å². The number of aromatic nitrogens is 1. The molecule has 7 heteroatoms. The van der Waals surface area contributed by atoms with Crippen LogP contribution in [-0.4, -0.2) is 80.1 Å². The van der Waals surface area contributed by atoms with Gasteiger partial charge in [0.05, 0.1) is 12.7 Å². The molecular weight excluding hydrogens is 332 g/mol. The minimum absolute atomic E-state index is 0.148. The molecule has 1 aliphatic rings. The first-order valence-corrected chi connectivity index (χ1v) is 9.46. The summed E-state index contributed by atoms with van der Waals surface area (Å²) >= 11 is 0. The molecule has 1 aromatic heterocycles. The molecule has 2 rings (SSSR count). The summed E-state index contributed by atoms with van der Waals surface area (Å²) in [7, 11) is 3.51. The standard InChI is InChI=1S/C19H32N4O3/c1-5-7-15-16(19(25)26-4)14(2)21-17(15)18(24)20-8-6-9-23-12-10-22(3)11-13-23/h21H,5-13H2,1-4H3,(H,20,24). The molecule has 0 atom stereocenters. The van der Waals surface area contributed by atoms with Gasteiger partial charge in [-0.15, -0.1) is 0 Å². The molecule has 1 saturated heterocycles. The lowest BCUT2D eigenvalue weighted by Gasteiger charge is -2.32. The minimum Gasteiger partial charge on any atom is -0.465 e. The summed E-state index contributed by atoms with van der Waals surface area (Å²) in [4.78, 5) is 32.5. The van der Waals surface area contributed by atoms with E-state index in [-0.39, 0.29) is 5.91 Å². The first kappa shape index (κ1) is 20.5. The van der Waals surface area contributed by atoms with Gasteiger partial charge in [0.2, 0.25) is 0 Å². The number of rotatable bonds is 8. The molecule has 0 saturated carbocycles. The number of aryl methyl sites for hydroxylation is 1. The van der Waals surface area contributed by atoms with Crippen molar-refractivity contribution in [2.75, 3.05) is 53.4 Å². The second kappa shape index (κ2) is 9.73. The van der Waals surface area contributed by atoms with Gasteiger partial charge in [-0.3, -0.25) is 4.79 Å². The molecule has 0 radical (unpaired) electrons. The van der Waals surface area contributed by atoms with Gasteiger partial charge < -0.3 is 24.8 Å². The zero-order chi connectivity index (χ0) is 19.1. The van der Waals surface area contributed by atoms with Gasteiger partial charge in [0.1, 0.15) is 5.69 Å². The third-order valence-electron chi connectivity index (χ3n) is 4.94. The Hall–Kier alpha value is -1.86. The maximum Gasteiger partial charge on any atom is 0.339 e. The predicted octanol–water partition coefficient (Wildman–Crippen LogP) is 1.43. The number of likely N-dealkylation sites (N-methyl/N-ethyl adjacent to an activating group) is 1. The summed E-state index contributed by atoms with van der Waals surface area (Å²) < 4.78 is 4.87. The molecule has 0 spiro atoms. The number of hydrogen-bond donors (Lipinski definition) is 2. The maximum absolute atomic E-state index is 12.6. The summed E-state index contributed by atoms with van der Waals surface area (Å²) in [5, 5.41) is 2.98. The van der Waals surface area contributed by atoms with E-state index in [4.69, 9.17) is 4.74 Å². The van der Waals surface area contributed by atoms with Gasteiger partial charge in [-0.1, -0.05) is 13.3 Å². The number of carbonyl (C=O) groups excluding carboxylic acids is 2. The fourth-order valence-corrected chi connectivity index (χ4v) is 3.41. The predicted molar refractivity (Wildman–Crippen MR) is 102 cm³/mol. The molecule has 1 aromatic rings. The summed E-state index contributed by atoms with van der Waals surface area (Å²) in [6.07, 6.45) is 2.44. The molecule has 0 unspecified atom stereocenters. The van der Waals surface area contributed by atoms with Crippen molar-refractivity contribution in [3.05, 3.63) is 22.5 Å². The van der Waals surface area contributed by atoms with E-state index in [9.17, 15) is 9.59 Å². The molecule has 146 valence electrons. The van der Waals surface area contributed by atoms with E-state index in [2.05, 4.69) is 27.1 Å². The van der Waals surface area contributed by atoms with Gasteiger partial charge in [0.15, 0.2) is 0 Å². The number of aromatic amines is 1. The zero-order valence-corrected chi connectivity index (χ0v) is 16.5. The molecule has 0 bridgehead atoms. The number of H-pyrrole nitrogens is 1. The number of amides is 1. The lowest BCUT2D eigenvalue weighted by atomic mass is 10.0. The fourth-order valence-electron chi connectivity index (χ4n) is 3.41. The Morgan fingerprint density at radius 1 is 1.23 bits per heavy atom. The quantitative estimate of drug-likeness (QED) is 0.539. The van der Waals surface area contributed by atoms with E-state index >= 15 is 0 Å². The zero-order valence-electron chi connectivity index (χ0n) is 16.5. The van der Waals surface area contributed by atoms with Crippen LogP contribution in [0.25, 0.3) is 0 Å². The van der Waals surface area contributed by atoms with Crippen LogP contribution in [0, 0.1) is 6.92 Å². The molecule has 1 aliphatic heterocycles. The molecular formula is C19H32N4O3. The van der Waals surface area contributed by atoms with Gasteiger partial charge in [0.25, 0.3) is 5.91 Å². The Labute approximate surface area is 156 Å². The number of esters is 1. The van der Waals surface area contributed by atoms with E-state index in [0.29, 0.717) is 29.9 Å². The van der Waals surface area contributed by atoms with E-state index in [1.54, 1.807) is 6.92 Å². The van der Waals surface area contributed by atoms with Gasteiger partial charge in [-0.05, 0) is 38.9 Å². The van der Waals surface area contributed by atoms with Crippen LogP contribution in [0.15, 0.2) is 0 Å². The fraction of sp³-hybridized carbons (Fsp3) is 0.684. The highest BCUT2D eigenvalue weighted by Gasteiger charge is 2.24. The Kier molecular flexibility index (Phi) is 7.66. The maximum atomic E-state index is 12.6. The number of ether oxygens (including phenoxy) is 1. The van der Waals surface area contributed by atoms with Crippen LogP contribution in [0.5, 0.6) is 0 Å². The summed E-state index contributed by atoms with van der Waals surface area (Å²) in [5.41, 5.74) is 2.43. The van der Waals surface area contributed by atoms with Crippen LogP contribution in [-0.2, 0) is 11.2 Å². The second-order valence-corrected chi connectivity index (χ2v) is 6.97. The van der Waals surface area contributed by atoms with Gasteiger partial charge in [-0.2, -0.15) is 0 Å². The normalized spacial score (nSPS) is 15.8. The third kappa shape index (κ3) is 5.08. The van der Waals surface area contributed by atoms with Gasteiger partial charge in [0, 0.05) is 38.4 Å². The van der Waals surface area contributed by atoms with Crippen molar-refractivity contribution in [3.63, 3.8) is 0 Å². The lowest BCUT2D eigenvalue weighted by Crippen LogP contribution is -2.45. The average Bonchev–Trinajstić information content (AvgIpc) is 2.96. The van der Waals surface area contributed by atoms with Gasteiger partial charge >= 0.3 is 5.97 Å². The van der Waals surface area contributed by atoms with Crippen molar-refractivity contribution in [1.82, 2.24) is 20.1 Å². The van der Waals surface area contributed by atoms with Crippen molar-refractivity contribution >= 4 is 11.9 Å². The highest BCUT2D eigenvalue weighted by molar-refractivity contribution is 6.00. The van der Waals surface area contributed by atoms with Crippen LogP contribution in [0.4, 0.5) is 0 Å². The largest absolute Gasteiger partial charge is 0.465 e. The van der Waals surface area contributed by atoms with E-state index < -0.39 is 5.97 Å². The van der Waals surface area contributed by atoms with Crippen molar-refractivity contribution in [3.8, 4) is 0 Å². The number of carbonyl (C=O) groups is 2. The molecule has 0 aliphatic carbocycles. The van der Waals surface area contributed by atoms with Crippen LogP contribution < -0.4 is 5.32 Å². The highest BCUT2D eigenvalue weighted by Crippen LogP contribution is 2.21. The first-order chi connectivity index (χ1) is 12.5. The Bertz CT molecular complexity index is 619. The van der Waals surface area contributed by atoms with Crippen molar-refractivity contribution in [2.45, 2.75) is 33.1 Å². The summed E-state index contributed by atoms with van der Waals surface area (Å²) in [6.45, 7) is 9.83. The number of piperazine rings is 1. The van der Waals surface area contributed by atoms with Crippen LogP contribution in [0.2, 0.25) is 0 Å². The molecule has 2 heterocycles. The van der Waals surface area contributed by atoms with Crippen molar-refractivity contribution < 1.29 is 14.3 Å². The van der Waals surface area contributed by atoms with E-state index in [1.165, 1.54) is 7.11 Å². The molecule has 7 nitrogen and oxygen atoms in total. The number of nitrogens with zero attached hydrogens (tertiary/aromatic N) is 2. The molecule has 1 fully saturated rings. The second-order valence-electron chi connectivity index (χ2n) is 6.97. The van der Waals surface area contributed by atoms with Crippen LogP contribution >= 0.6 is 0 Å². The Morgan fingerprint density at radius 3 is 2.54 bits per heavy atom. The average molecular weight is 364 g/mol. The minimum atomic E-state index is -0.392. The number of methoxy groups -OCH3 is 1. The molecule has 26 heavy (non-hydrogen) atoms. The van der Waals surface area contributed by atoms with E-state index in [0.717, 1.165) is 51.1 Å². The summed E-state index contributed by atoms with van der Waals surface area (Å²) in [6, 6.07) is 0.